The number of amides is 2. The summed E-state index contributed by atoms with van der Waals surface area (Å²) in [5.74, 6) is -0.616. The summed E-state index contributed by atoms with van der Waals surface area (Å²) in [7, 11) is 0. The predicted molar refractivity (Wildman–Crippen MR) is 94.0 cm³/mol. The highest BCUT2D eigenvalue weighted by Gasteiger charge is 2.32. The Labute approximate surface area is 144 Å². The molecule has 5 nitrogen and oxygen atoms in total. The van der Waals surface area contributed by atoms with Crippen LogP contribution in [0.4, 0.5) is 4.79 Å². The van der Waals surface area contributed by atoms with Crippen LogP contribution in [0.25, 0.3) is 0 Å². The van der Waals surface area contributed by atoms with Gasteiger partial charge in [0.1, 0.15) is 0 Å². The Bertz CT molecular complexity index is 583. The SMILES string of the molecule is CC1CC(C(=O)O)CN(C(=O)NC(C)c2ccc(C(C)C)cc2)C1. The molecule has 0 spiro atoms. The van der Waals surface area contributed by atoms with Gasteiger partial charge < -0.3 is 15.3 Å². The first-order valence-electron chi connectivity index (χ1n) is 8.66. The number of carboxylic acid groups (broad SMARTS) is 1. The van der Waals surface area contributed by atoms with Crippen LogP contribution < -0.4 is 5.32 Å². The number of hydrogen-bond donors (Lipinski definition) is 2. The quantitative estimate of drug-likeness (QED) is 0.884. The van der Waals surface area contributed by atoms with E-state index in [1.807, 2.05) is 26.0 Å². The van der Waals surface area contributed by atoms with Crippen molar-refractivity contribution in [2.24, 2.45) is 11.8 Å². The zero-order valence-corrected chi connectivity index (χ0v) is 15.0. The van der Waals surface area contributed by atoms with Crippen LogP contribution in [0, 0.1) is 11.8 Å². The minimum atomic E-state index is -0.823. The first-order chi connectivity index (χ1) is 11.3. The van der Waals surface area contributed by atoms with Crippen molar-refractivity contribution in [2.75, 3.05) is 13.1 Å². The van der Waals surface area contributed by atoms with Crippen LogP contribution in [-0.2, 0) is 4.79 Å². The highest BCUT2D eigenvalue weighted by molar-refractivity contribution is 5.77. The topological polar surface area (TPSA) is 69.6 Å². The molecule has 1 saturated heterocycles. The lowest BCUT2D eigenvalue weighted by Crippen LogP contribution is -2.49. The maximum atomic E-state index is 12.5. The van der Waals surface area contributed by atoms with Gasteiger partial charge in [-0.1, -0.05) is 45.0 Å². The molecular formula is C19H28N2O3. The van der Waals surface area contributed by atoms with Gasteiger partial charge in [-0.3, -0.25) is 4.79 Å². The Morgan fingerprint density at radius 3 is 2.25 bits per heavy atom. The summed E-state index contributed by atoms with van der Waals surface area (Å²) in [6.45, 7) is 9.13. The second-order valence-electron chi connectivity index (χ2n) is 7.27. The van der Waals surface area contributed by atoms with Gasteiger partial charge in [0.15, 0.2) is 0 Å². The van der Waals surface area contributed by atoms with Gasteiger partial charge in [0.25, 0.3) is 0 Å². The van der Waals surface area contributed by atoms with Crippen LogP contribution in [-0.4, -0.2) is 35.1 Å². The highest BCUT2D eigenvalue weighted by atomic mass is 16.4. The average molecular weight is 332 g/mol. The summed E-state index contributed by atoms with van der Waals surface area (Å²) in [6, 6.07) is 7.96. The number of piperidine rings is 1. The molecular weight excluding hydrogens is 304 g/mol. The van der Waals surface area contributed by atoms with Crippen molar-refractivity contribution < 1.29 is 14.7 Å². The molecule has 2 N–H and O–H groups in total. The molecule has 0 saturated carbocycles. The summed E-state index contributed by atoms with van der Waals surface area (Å²) >= 11 is 0. The standard InChI is InChI=1S/C19H28N2O3/c1-12(2)15-5-7-16(8-6-15)14(4)20-19(24)21-10-13(3)9-17(11-21)18(22)23/h5-8,12-14,17H,9-11H2,1-4H3,(H,20,24)(H,22,23). The number of carbonyl (C=O) groups excluding carboxylic acids is 1. The number of rotatable bonds is 4. The summed E-state index contributed by atoms with van der Waals surface area (Å²) in [5, 5.41) is 12.2. The molecule has 2 rings (SSSR count). The molecule has 2 amide bonds. The third-order valence-electron chi connectivity index (χ3n) is 4.74. The molecule has 1 aliphatic heterocycles. The minimum absolute atomic E-state index is 0.112. The van der Waals surface area contributed by atoms with Crippen LogP contribution >= 0.6 is 0 Å². The van der Waals surface area contributed by atoms with E-state index in [-0.39, 0.29) is 24.5 Å². The van der Waals surface area contributed by atoms with Gasteiger partial charge in [0.05, 0.1) is 12.0 Å². The van der Waals surface area contributed by atoms with Crippen LogP contribution in [0.5, 0.6) is 0 Å². The van der Waals surface area contributed by atoms with Crippen LogP contribution in [0.1, 0.15) is 57.2 Å². The molecule has 5 heteroatoms. The first kappa shape index (κ1) is 18.3. The average Bonchev–Trinajstić information content (AvgIpc) is 2.54. The number of nitrogens with one attached hydrogen (secondary N) is 1. The Morgan fingerprint density at radius 2 is 1.71 bits per heavy atom. The van der Waals surface area contributed by atoms with Crippen molar-refractivity contribution in [1.82, 2.24) is 10.2 Å². The summed E-state index contributed by atoms with van der Waals surface area (Å²) in [6.07, 6.45) is 0.630. The monoisotopic (exact) mass is 332 g/mol. The van der Waals surface area contributed by atoms with Gasteiger partial charge in [-0.05, 0) is 36.3 Å². The Morgan fingerprint density at radius 1 is 1.12 bits per heavy atom. The maximum Gasteiger partial charge on any atom is 0.317 e. The van der Waals surface area contributed by atoms with Crippen molar-refractivity contribution in [3.8, 4) is 0 Å². The molecule has 132 valence electrons. The van der Waals surface area contributed by atoms with E-state index in [1.165, 1.54) is 5.56 Å². The van der Waals surface area contributed by atoms with Gasteiger partial charge >= 0.3 is 12.0 Å². The van der Waals surface area contributed by atoms with Crippen LogP contribution in [0.2, 0.25) is 0 Å². The van der Waals surface area contributed by atoms with Crippen LogP contribution in [0.3, 0.4) is 0 Å². The lowest BCUT2D eigenvalue weighted by molar-refractivity contribution is -0.143. The number of carboxylic acids is 1. The van der Waals surface area contributed by atoms with Gasteiger partial charge in [0, 0.05) is 13.1 Å². The molecule has 0 bridgehead atoms. The largest absolute Gasteiger partial charge is 0.481 e. The van der Waals surface area contributed by atoms with Crippen LogP contribution in [0.15, 0.2) is 24.3 Å². The third kappa shape index (κ3) is 4.49. The fraction of sp³-hybridized carbons (Fsp3) is 0.579. The Kier molecular flexibility index (Phi) is 5.86. The van der Waals surface area contributed by atoms with Gasteiger partial charge in [-0.2, -0.15) is 0 Å². The van der Waals surface area contributed by atoms with Gasteiger partial charge in [-0.15, -0.1) is 0 Å². The van der Waals surface area contributed by atoms with E-state index in [1.54, 1.807) is 4.90 Å². The molecule has 1 heterocycles. The van der Waals surface area contributed by atoms with Crippen molar-refractivity contribution in [3.63, 3.8) is 0 Å². The van der Waals surface area contributed by atoms with Crippen molar-refractivity contribution >= 4 is 12.0 Å². The highest BCUT2D eigenvalue weighted by Crippen LogP contribution is 2.23. The number of hydrogen-bond acceptors (Lipinski definition) is 2. The summed E-state index contributed by atoms with van der Waals surface area (Å²) in [4.78, 5) is 25.4. The molecule has 1 aromatic rings. The molecule has 1 fully saturated rings. The number of nitrogens with zero attached hydrogens (tertiary/aromatic N) is 1. The number of aliphatic carboxylic acids is 1. The van der Waals surface area contributed by atoms with E-state index in [4.69, 9.17) is 0 Å². The van der Waals surface area contributed by atoms with Crippen molar-refractivity contribution in [2.45, 2.75) is 46.1 Å². The maximum absolute atomic E-state index is 12.5. The molecule has 1 aromatic carbocycles. The molecule has 0 radical (unpaired) electrons. The summed E-state index contributed by atoms with van der Waals surface area (Å²) < 4.78 is 0. The normalized spacial score (nSPS) is 22.3. The summed E-state index contributed by atoms with van der Waals surface area (Å²) in [5.41, 5.74) is 2.32. The number of urea groups is 1. The second-order valence-corrected chi connectivity index (χ2v) is 7.27. The van der Waals surface area contributed by atoms with E-state index in [2.05, 4.69) is 31.3 Å². The van der Waals surface area contributed by atoms with Gasteiger partial charge in [-0.25, -0.2) is 4.79 Å². The lowest BCUT2D eigenvalue weighted by atomic mass is 9.91. The zero-order chi connectivity index (χ0) is 17.9. The molecule has 3 atom stereocenters. The molecule has 3 unspecified atom stereocenters. The Balaban J connectivity index is 1.98. The Hall–Kier alpha value is -2.04. The molecule has 24 heavy (non-hydrogen) atoms. The van der Waals surface area contributed by atoms with E-state index in [0.29, 0.717) is 18.9 Å². The number of benzene rings is 1. The van der Waals surface area contributed by atoms with E-state index < -0.39 is 11.9 Å². The zero-order valence-electron chi connectivity index (χ0n) is 15.0. The molecule has 1 aliphatic rings. The fourth-order valence-corrected chi connectivity index (χ4v) is 3.23. The second kappa shape index (κ2) is 7.69. The number of likely N-dealkylation sites (tertiary alicyclic amines) is 1. The van der Waals surface area contributed by atoms with E-state index >= 15 is 0 Å². The number of carbonyl (C=O) groups is 2. The van der Waals surface area contributed by atoms with Crippen molar-refractivity contribution in [3.05, 3.63) is 35.4 Å². The third-order valence-corrected chi connectivity index (χ3v) is 4.74. The first-order valence-corrected chi connectivity index (χ1v) is 8.66. The fourth-order valence-electron chi connectivity index (χ4n) is 3.23. The molecule has 0 aliphatic carbocycles. The van der Waals surface area contributed by atoms with Gasteiger partial charge in [0.2, 0.25) is 0 Å². The smallest absolute Gasteiger partial charge is 0.317 e. The van der Waals surface area contributed by atoms with Crippen molar-refractivity contribution in [1.29, 1.82) is 0 Å². The lowest BCUT2D eigenvalue weighted by Gasteiger charge is -2.35. The predicted octanol–water partition coefficient (Wildman–Crippen LogP) is 3.62. The van der Waals surface area contributed by atoms with E-state index in [9.17, 15) is 14.7 Å². The van der Waals surface area contributed by atoms with E-state index in [0.717, 1.165) is 5.56 Å². The minimum Gasteiger partial charge on any atom is -0.481 e. The molecule has 0 aromatic heterocycles.